The Balaban J connectivity index is 2.10. The molecule has 0 bridgehead atoms. The molecule has 1 aromatic heterocycles. The Morgan fingerprint density at radius 1 is 1.42 bits per heavy atom. The van der Waals surface area contributed by atoms with E-state index in [2.05, 4.69) is 35.6 Å². The first kappa shape index (κ1) is 13.7. The number of H-pyrrole nitrogens is 1. The van der Waals surface area contributed by atoms with Gasteiger partial charge in [-0.25, -0.2) is 0 Å². The maximum absolute atomic E-state index is 5.24. The van der Waals surface area contributed by atoms with E-state index in [-0.39, 0.29) is 0 Å². The Morgan fingerprint density at radius 3 is 2.95 bits per heavy atom. The van der Waals surface area contributed by atoms with Gasteiger partial charge in [-0.15, -0.1) is 6.58 Å². The zero-order valence-corrected chi connectivity index (χ0v) is 11.8. The highest BCUT2D eigenvalue weighted by molar-refractivity contribution is 5.84. The fourth-order valence-electron chi connectivity index (χ4n) is 2.34. The van der Waals surface area contributed by atoms with E-state index in [0.717, 1.165) is 37.3 Å². The second-order valence-corrected chi connectivity index (χ2v) is 4.66. The quantitative estimate of drug-likeness (QED) is 0.772. The third-order valence-corrected chi connectivity index (χ3v) is 3.51. The molecule has 102 valence electrons. The van der Waals surface area contributed by atoms with Gasteiger partial charge in [0.25, 0.3) is 0 Å². The second kappa shape index (κ2) is 6.43. The molecule has 19 heavy (non-hydrogen) atoms. The van der Waals surface area contributed by atoms with Gasteiger partial charge in [0, 0.05) is 36.3 Å². The van der Waals surface area contributed by atoms with E-state index in [1.54, 1.807) is 7.11 Å². The molecule has 0 saturated heterocycles. The summed E-state index contributed by atoms with van der Waals surface area (Å²) < 4.78 is 5.24. The van der Waals surface area contributed by atoms with Gasteiger partial charge in [0.1, 0.15) is 5.75 Å². The number of hydrogen-bond donors (Lipinski definition) is 1. The van der Waals surface area contributed by atoms with E-state index in [4.69, 9.17) is 4.74 Å². The molecule has 0 aliphatic carbocycles. The zero-order valence-electron chi connectivity index (χ0n) is 11.8. The van der Waals surface area contributed by atoms with Crippen molar-refractivity contribution in [3.63, 3.8) is 0 Å². The molecule has 0 atom stereocenters. The van der Waals surface area contributed by atoms with E-state index in [1.807, 2.05) is 18.2 Å². The largest absolute Gasteiger partial charge is 0.497 e. The summed E-state index contributed by atoms with van der Waals surface area (Å²) in [4.78, 5) is 5.70. The van der Waals surface area contributed by atoms with Gasteiger partial charge in [-0.3, -0.25) is 4.90 Å². The molecule has 0 saturated carbocycles. The van der Waals surface area contributed by atoms with Gasteiger partial charge in [0.05, 0.1) is 7.11 Å². The van der Waals surface area contributed by atoms with Crippen LogP contribution in [0.2, 0.25) is 0 Å². The van der Waals surface area contributed by atoms with Crippen molar-refractivity contribution in [2.75, 3.05) is 26.7 Å². The van der Waals surface area contributed by atoms with Crippen molar-refractivity contribution in [1.82, 2.24) is 9.88 Å². The molecule has 1 heterocycles. The van der Waals surface area contributed by atoms with Gasteiger partial charge < -0.3 is 9.72 Å². The van der Waals surface area contributed by atoms with E-state index in [1.165, 1.54) is 10.9 Å². The first-order chi connectivity index (χ1) is 9.28. The van der Waals surface area contributed by atoms with E-state index in [9.17, 15) is 0 Å². The number of benzene rings is 1. The monoisotopic (exact) mass is 258 g/mol. The van der Waals surface area contributed by atoms with Crippen molar-refractivity contribution in [2.45, 2.75) is 13.3 Å². The smallest absolute Gasteiger partial charge is 0.120 e. The second-order valence-electron chi connectivity index (χ2n) is 4.66. The first-order valence-corrected chi connectivity index (χ1v) is 6.75. The van der Waals surface area contributed by atoms with Crippen molar-refractivity contribution in [1.29, 1.82) is 0 Å². The Hall–Kier alpha value is -1.74. The fourth-order valence-corrected chi connectivity index (χ4v) is 2.34. The number of hydrogen-bond acceptors (Lipinski definition) is 2. The van der Waals surface area contributed by atoms with Gasteiger partial charge in [0.15, 0.2) is 0 Å². The molecular formula is C16H22N2O. The van der Waals surface area contributed by atoms with Crippen LogP contribution in [0.4, 0.5) is 0 Å². The Bertz CT molecular complexity index is 545. The van der Waals surface area contributed by atoms with Crippen LogP contribution in [0.1, 0.15) is 12.5 Å². The van der Waals surface area contributed by atoms with Crippen LogP contribution in [-0.2, 0) is 6.42 Å². The molecular weight excluding hydrogens is 236 g/mol. The summed E-state index contributed by atoms with van der Waals surface area (Å²) in [6.45, 7) is 9.05. The number of nitrogens with one attached hydrogen (secondary N) is 1. The number of aromatic amines is 1. The Kier molecular flexibility index (Phi) is 4.63. The summed E-state index contributed by atoms with van der Waals surface area (Å²) in [5, 5.41) is 1.29. The molecule has 0 radical (unpaired) electrons. The summed E-state index contributed by atoms with van der Waals surface area (Å²) in [6.07, 6.45) is 5.11. The van der Waals surface area contributed by atoms with E-state index in [0.29, 0.717) is 0 Å². The fraction of sp³-hybridized carbons (Fsp3) is 0.375. The lowest BCUT2D eigenvalue weighted by Gasteiger charge is -2.17. The Labute approximate surface area is 114 Å². The maximum Gasteiger partial charge on any atom is 0.120 e. The summed E-state index contributed by atoms with van der Waals surface area (Å²) in [5.74, 6) is 0.891. The lowest BCUT2D eigenvalue weighted by Crippen LogP contribution is -2.25. The highest BCUT2D eigenvalue weighted by atomic mass is 16.5. The predicted octanol–water partition coefficient (Wildman–Crippen LogP) is 3.23. The molecule has 1 aromatic carbocycles. The van der Waals surface area contributed by atoms with Crippen LogP contribution >= 0.6 is 0 Å². The normalized spacial score (nSPS) is 11.1. The average molecular weight is 258 g/mol. The third kappa shape index (κ3) is 3.18. The van der Waals surface area contributed by atoms with Crippen molar-refractivity contribution < 1.29 is 4.74 Å². The van der Waals surface area contributed by atoms with Gasteiger partial charge in [0.2, 0.25) is 0 Å². The van der Waals surface area contributed by atoms with Crippen molar-refractivity contribution in [3.05, 3.63) is 42.6 Å². The highest BCUT2D eigenvalue weighted by Crippen LogP contribution is 2.23. The van der Waals surface area contributed by atoms with Crippen molar-refractivity contribution in [2.24, 2.45) is 0 Å². The lowest BCUT2D eigenvalue weighted by molar-refractivity contribution is 0.324. The molecule has 2 rings (SSSR count). The molecule has 0 aliphatic rings. The molecule has 3 heteroatoms. The minimum absolute atomic E-state index is 0.891. The zero-order chi connectivity index (χ0) is 13.7. The van der Waals surface area contributed by atoms with Crippen LogP contribution < -0.4 is 4.74 Å². The number of rotatable bonds is 7. The lowest BCUT2D eigenvalue weighted by atomic mass is 10.1. The maximum atomic E-state index is 5.24. The standard InChI is InChI=1S/C16H22N2O/c1-4-9-18(5-2)10-8-13-12-17-16-11-14(19-3)6-7-15(13)16/h4,6-7,11-12,17H,1,5,8-10H2,2-3H3. The molecule has 0 fully saturated rings. The number of likely N-dealkylation sites (N-methyl/N-ethyl adjacent to an activating group) is 1. The Morgan fingerprint density at radius 2 is 2.26 bits per heavy atom. The molecule has 0 unspecified atom stereocenters. The summed E-state index contributed by atoms with van der Waals surface area (Å²) >= 11 is 0. The summed E-state index contributed by atoms with van der Waals surface area (Å²) in [5.41, 5.74) is 2.50. The minimum Gasteiger partial charge on any atom is -0.497 e. The number of methoxy groups -OCH3 is 1. The summed E-state index contributed by atoms with van der Waals surface area (Å²) in [7, 11) is 1.69. The molecule has 0 amide bonds. The van der Waals surface area contributed by atoms with Crippen molar-refractivity contribution in [3.8, 4) is 5.75 Å². The van der Waals surface area contributed by atoms with Gasteiger partial charge in [-0.05, 0) is 30.7 Å². The van der Waals surface area contributed by atoms with Crippen LogP contribution in [0, 0.1) is 0 Å². The SMILES string of the molecule is C=CCN(CC)CCc1c[nH]c2cc(OC)ccc12. The van der Waals surface area contributed by atoms with Crippen LogP contribution in [0.5, 0.6) is 5.75 Å². The van der Waals surface area contributed by atoms with Gasteiger partial charge in [-0.1, -0.05) is 13.0 Å². The van der Waals surface area contributed by atoms with Crippen LogP contribution in [0.25, 0.3) is 10.9 Å². The van der Waals surface area contributed by atoms with Gasteiger partial charge >= 0.3 is 0 Å². The minimum atomic E-state index is 0.891. The first-order valence-electron chi connectivity index (χ1n) is 6.75. The van der Waals surface area contributed by atoms with Crippen LogP contribution in [-0.4, -0.2) is 36.6 Å². The molecule has 0 spiro atoms. The number of nitrogens with zero attached hydrogens (tertiary/aromatic N) is 1. The van der Waals surface area contributed by atoms with Gasteiger partial charge in [-0.2, -0.15) is 0 Å². The predicted molar refractivity (Wildman–Crippen MR) is 80.9 cm³/mol. The average Bonchev–Trinajstić information content (AvgIpc) is 2.85. The molecule has 1 N–H and O–H groups in total. The van der Waals surface area contributed by atoms with E-state index < -0.39 is 0 Å². The highest BCUT2D eigenvalue weighted by Gasteiger charge is 2.06. The van der Waals surface area contributed by atoms with Crippen LogP contribution in [0.15, 0.2) is 37.1 Å². The number of fused-ring (bicyclic) bond motifs is 1. The third-order valence-electron chi connectivity index (χ3n) is 3.51. The number of ether oxygens (including phenoxy) is 1. The molecule has 0 aliphatic heterocycles. The number of aromatic nitrogens is 1. The topological polar surface area (TPSA) is 28.3 Å². The molecule has 3 nitrogen and oxygen atoms in total. The van der Waals surface area contributed by atoms with E-state index >= 15 is 0 Å². The van der Waals surface area contributed by atoms with Crippen LogP contribution in [0.3, 0.4) is 0 Å². The molecule has 2 aromatic rings. The van der Waals surface area contributed by atoms with Crippen molar-refractivity contribution >= 4 is 10.9 Å². The summed E-state index contributed by atoms with van der Waals surface area (Å²) in [6, 6.07) is 6.19.